The third kappa shape index (κ3) is 5.53. The van der Waals surface area contributed by atoms with E-state index in [0.717, 1.165) is 16.5 Å². The molecule has 3 N–H and O–H groups in total. The molecule has 2 aromatic carbocycles. The van der Waals surface area contributed by atoms with Gasteiger partial charge in [0.05, 0.1) is 25.2 Å². The number of aryl methyl sites for hydroxylation is 1. The van der Waals surface area contributed by atoms with Crippen LogP contribution in [0.2, 0.25) is 0 Å². The molecule has 0 aliphatic carbocycles. The molecule has 2 heterocycles. The van der Waals surface area contributed by atoms with Crippen molar-refractivity contribution in [3.8, 4) is 5.75 Å². The van der Waals surface area contributed by atoms with Gasteiger partial charge < -0.3 is 25.1 Å². The minimum absolute atomic E-state index is 0.109. The first kappa shape index (κ1) is 25.7. The van der Waals surface area contributed by atoms with E-state index < -0.39 is 28.1 Å². The predicted molar refractivity (Wildman–Crippen MR) is 134 cm³/mol. The van der Waals surface area contributed by atoms with E-state index in [1.807, 2.05) is 30.5 Å². The molecule has 1 saturated heterocycles. The number of carbonyl (C=O) groups excluding carboxylic acids is 2. The Kier molecular flexibility index (Phi) is 7.92. The molecule has 1 aliphatic rings. The maximum Gasteiger partial charge on any atom is 0.309 e. The van der Waals surface area contributed by atoms with Crippen molar-refractivity contribution in [2.45, 2.75) is 30.9 Å². The molecular weight excluding hydrogens is 484 g/mol. The third-order valence-corrected chi connectivity index (χ3v) is 8.01. The van der Waals surface area contributed by atoms with Crippen molar-refractivity contribution in [1.29, 1.82) is 0 Å². The smallest absolute Gasteiger partial charge is 0.309 e. The number of carbonyl (C=O) groups is 2. The molecular formula is C25H30N4O6S. The Balaban J connectivity index is 1.33. The van der Waals surface area contributed by atoms with Gasteiger partial charge in [-0.1, -0.05) is 18.2 Å². The van der Waals surface area contributed by atoms with Gasteiger partial charge in [-0.2, -0.15) is 4.31 Å². The first-order valence-corrected chi connectivity index (χ1v) is 13.1. The number of H-pyrrole nitrogens is 1. The molecule has 0 saturated carbocycles. The Morgan fingerprint density at radius 1 is 1.17 bits per heavy atom. The van der Waals surface area contributed by atoms with Gasteiger partial charge in [-0.05, 0) is 55.2 Å². The number of hydrogen-bond acceptors (Lipinski definition) is 6. The molecule has 10 nitrogen and oxygen atoms in total. The van der Waals surface area contributed by atoms with Gasteiger partial charge in [0.1, 0.15) is 12.0 Å². The number of sulfonamides is 1. The van der Waals surface area contributed by atoms with E-state index >= 15 is 0 Å². The third-order valence-electron chi connectivity index (χ3n) is 6.13. The summed E-state index contributed by atoms with van der Waals surface area (Å²) in [4.78, 5) is 27.9. The lowest BCUT2D eigenvalue weighted by Gasteiger charge is -2.34. The Morgan fingerprint density at radius 2 is 1.94 bits per heavy atom. The second-order valence-electron chi connectivity index (χ2n) is 8.50. The molecule has 36 heavy (non-hydrogen) atoms. The summed E-state index contributed by atoms with van der Waals surface area (Å²) in [5.41, 5.74) is 2.73. The van der Waals surface area contributed by atoms with Crippen LogP contribution in [0.25, 0.3) is 10.9 Å². The van der Waals surface area contributed by atoms with E-state index in [0.29, 0.717) is 30.8 Å². The Bertz CT molecular complexity index is 1350. The maximum absolute atomic E-state index is 13.3. The number of aromatic amines is 1. The van der Waals surface area contributed by atoms with Crippen LogP contribution in [0.4, 0.5) is 0 Å². The highest BCUT2D eigenvalue weighted by molar-refractivity contribution is 7.89. The number of hydrogen-bond donors (Lipinski definition) is 3. The van der Waals surface area contributed by atoms with Crippen LogP contribution in [0.15, 0.2) is 53.6 Å². The Hall–Kier alpha value is -3.41. The number of rotatable bonds is 8. The second-order valence-corrected chi connectivity index (χ2v) is 10.4. The number of methoxy groups -OCH3 is 1. The van der Waals surface area contributed by atoms with Gasteiger partial charge in [0.25, 0.3) is 0 Å². The van der Waals surface area contributed by atoms with E-state index in [9.17, 15) is 18.0 Å². The van der Waals surface area contributed by atoms with E-state index in [4.69, 9.17) is 9.47 Å². The molecule has 192 valence electrons. The summed E-state index contributed by atoms with van der Waals surface area (Å²) in [6, 6.07) is 12.5. The molecule has 11 heteroatoms. The lowest BCUT2D eigenvalue weighted by Crippen LogP contribution is -2.53. The van der Waals surface area contributed by atoms with Crippen molar-refractivity contribution in [2.75, 3.05) is 33.4 Å². The lowest BCUT2D eigenvalue weighted by molar-refractivity contribution is -0.140. The number of benzene rings is 2. The molecule has 0 radical (unpaired) electrons. The summed E-state index contributed by atoms with van der Waals surface area (Å²) in [5.74, 6) is -1.05. The van der Waals surface area contributed by atoms with Crippen LogP contribution >= 0.6 is 0 Å². The molecule has 1 unspecified atom stereocenters. The largest absolute Gasteiger partial charge is 0.496 e. The monoisotopic (exact) mass is 514 g/mol. The van der Waals surface area contributed by atoms with Crippen molar-refractivity contribution in [3.63, 3.8) is 0 Å². The molecule has 0 bridgehead atoms. The zero-order valence-electron chi connectivity index (χ0n) is 20.2. The van der Waals surface area contributed by atoms with E-state index in [-0.39, 0.29) is 24.5 Å². The van der Waals surface area contributed by atoms with Crippen molar-refractivity contribution in [2.24, 2.45) is 0 Å². The van der Waals surface area contributed by atoms with Crippen molar-refractivity contribution in [3.05, 3.63) is 59.8 Å². The van der Waals surface area contributed by atoms with Gasteiger partial charge in [-0.25, -0.2) is 8.42 Å². The predicted octanol–water partition coefficient (Wildman–Crippen LogP) is 1.70. The van der Waals surface area contributed by atoms with Crippen LogP contribution in [0.5, 0.6) is 5.75 Å². The van der Waals surface area contributed by atoms with Crippen molar-refractivity contribution < 1.29 is 27.5 Å². The highest BCUT2D eigenvalue weighted by atomic mass is 32.2. The summed E-state index contributed by atoms with van der Waals surface area (Å²) >= 11 is 0. The minimum atomic E-state index is -3.89. The Morgan fingerprint density at radius 3 is 2.72 bits per heavy atom. The van der Waals surface area contributed by atoms with Gasteiger partial charge in [0.2, 0.25) is 10.0 Å². The molecule has 1 aromatic heterocycles. The number of amides is 2. The number of ether oxygens (including phenoxy) is 2. The summed E-state index contributed by atoms with van der Waals surface area (Å²) in [5, 5.41) is 6.18. The lowest BCUT2D eigenvalue weighted by atomic mass is 10.1. The quantitative estimate of drug-likeness (QED) is 0.393. The standard InChI is InChI=1S/C25H30N4O6S/c1-17-14-19(8-9-22(17)34-2)36(32,33)29-12-5-13-35-23(29)16-28-25(31)24(30)26-11-10-18-15-27-21-7-4-3-6-20(18)21/h3-4,6-9,14-15,23,27H,5,10-13,16H2,1-2H3,(H,26,30)(H,28,31). The average molecular weight is 515 g/mol. The van der Waals surface area contributed by atoms with Crippen LogP contribution in [0, 0.1) is 6.92 Å². The van der Waals surface area contributed by atoms with Gasteiger partial charge in [0.15, 0.2) is 0 Å². The highest BCUT2D eigenvalue weighted by Gasteiger charge is 2.35. The summed E-state index contributed by atoms with van der Waals surface area (Å²) < 4.78 is 38.6. The molecule has 1 aliphatic heterocycles. The zero-order chi connectivity index (χ0) is 25.7. The van der Waals surface area contributed by atoms with Crippen molar-refractivity contribution >= 4 is 32.7 Å². The average Bonchev–Trinajstić information content (AvgIpc) is 3.30. The molecule has 2 amide bonds. The number of nitrogens with zero attached hydrogens (tertiary/aromatic N) is 1. The number of aromatic nitrogens is 1. The number of fused-ring (bicyclic) bond motifs is 1. The zero-order valence-corrected chi connectivity index (χ0v) is 21.1. The first-order valence-electron chi connectivity index (χ1n) is 11.7. The highest BCUT2D eigenvalue weighted by Crippen LogP contribution is 2.26. The second kappa shape index (κ2) is 11.1. The van der Waals surface area contributed by atoms with E-state index in [1.165, 1.54) is 17.5 Å². The first-order chi connectivity index (χ1) is 17.3. The normalized spacial score (nSPS) is 16.6. The van der Waals surface area contributed by atoms with Gasteiger partial charge in [-0.3, -0.25) is 9.59 Å². The van der Waals surface area contributed by atoms with E-state index in [2.05, 4.69) is 15.6 Å². The minimum Gasteiger partial charge on any atom is -0.496 e. The fourth-order valence-corrected chi connectivity index (χ4v) is 5.89. The van der Waals surface area contributed by atoms with Gasteiger partial charge in [0, 0.05) is 30.2 Å². The summed E-state index contributed by atoms with van der Waals surface area (Å²) in [6.07, 6.45) is 2.04. The molecule has 1 fully saturated rings. The van der Waals surface area contributed by atoms with Crippen LogP contribution in [-0.4, -0.2) is 69.1 Å². The van der Waals surface area contributed by atoms with Crippen LogP contribution < -0.4 is 15.4 Å². The van der Waals surface area contributed by atoms with Crippen LogP contribution in [-0.2, 0) is 30.8 Å². The summed E-state index contributed by atoms with van der Waals surface area (Å²) in [6.45, 7) is 2.49. The fourth-order valence-electron chi connectivity index (χ4n) is 4.24. The Labute approximate surface area is 210 Å². The van der Waals surface area contributed by atoms with E-state index in [1.54, 1.807) is 19.1 Å². The molecule has 0 spiro atoms. The topological polar surface area (TPSA) is 130 Å². The molecule has 1 atom stereocenters. The molecule has 3 aromatic rings. The van der Waals surface area contributed by atoms with Crippen molar-refractivity contribution in [1.82, 2.24) is 19.9 Å². The summed E-state index contributed by atoms with van der Waals surface area (Å²) in [7, 11) is -2.37. The molecule has 4 rings (SSSR count). The van der Waals surface area contributed by atoms with Crippen LogP contribution in [0.3, 0.4) is 0 Å². The van der Waals surface area contributed by atoms with Gasteiger partial charge in [-0.15, -0.1) is 0 Å². The maximum atomic E-state index is 13.3. The van der Waals surface area contributed by atoms with Crippen LogP contribution in [0.1, 0.15) is 17.5 Å². The number of nitrogens with one attached hydrogen (secondary N) is 3. The fraction of sp³-hybridized carbons (Fsp3) is 0.360. The SMILES string of the molecule is COc1ccc(S(=O)(=O)N2CCCOC2CNC(=O)C(=O)NCCc2c[nH]c3ccccc23)cc1C. The number of para-hydroxylation sites is 1. The van der Waals surface area contributed by atoms with Gasteiger partial charge >= 0.3 is 11.8 Å².